The van der Waals surface area contributed by atoms with Crippen molar-refractivity contribution in [3.05, 3.63) is 53.6 Å². The predicted octanol–water partition coefficient (Wildman–Crippen LogP) is 2.16. The van der Waals surface area contributed by atoms with E-state index in [9.17, 15) is 4.79 Å². The SMILES string of the molecule is CCc1nc(C(=O)c2ccccc2)c2cnn(C)c2n1. The molecule has 20 heavy (non-hydrogen) atoms. The maximum Gasteiger partial charge on any atom is 0.212 e. The van der Waals surface area contributed by atoms with Crippen molar-refractivity contribution in [2.75, 3.05) is 0 Å². The van der Waals surface area contributed by atoms with E-state index in [2.05, 4.69) is 15.1 Å². The van der Waals surface area contributed by atoms with Crippen LogP contribution < -0.4 is 0 Å². The number of fused-ring (bicyclic) bond motifs is 1. The van der Waals surface area contributed by atoms with Gasteiger partial charge in [0.2, 0.25) is 5.78 Å². The first-order valence-electron chi connectivity index (χ1n) is 6.49. The van der Waals surface area contributed by atoms with Gasteiger partial charge in [-0.25, -0.2) is 9.97 Å². The van der Waals surface area contributed by atoms with Gasteiger partial charge >= 0.3 is 0 Å². The van der Waals surface area contributed by atoms with Crippen molar-refractivity contribution < 1.29 is 4.79 Å². The number of nitrogens with zero attached hydrogens (tertiary/aromatic N) is 4. The molecule has 0 N–H and O–H groups in total. The molecule has 0 fully saturated rings. The van der Waals surface area contributed by atoms with Gasteiger partial charge in [0.05, 0.1) is 11.6 Å². The number of carbonyl (C=O) groups excluding carboxylic acids is 1. The topological polar surface area (TPSA) is 60.7 Å². The summed E-state index contributed by atoms with van der Waals surface area (Å²) in [6.07, 6.45) is 2.32. The average Bonchev–Trinajstić information content (AvgIpc) is 2.88. The molecule has 100 valence electrons. The van der Waals surface area contributed by atoms with Crippen molar-refractivity contribution in [1.29, 1.82) is 0 Å². The molecule has 0 atom stereocenters. The molecule has 0 unspecified atom stereocenters. The van der Waals surface area contributed by atoms with Gasteiger partial charge in [-0.1, -0.05) is 37.3 Å². The van der Waals surface area contributed by atoms with Gasteiger partial charge in [0.25, 0.3) is 0 Å². The lowest BCUT2D eigenvalue weighted by Crippen LogP contribution is -2.09. The molecule has 2 heterocycles. The van der Waals surface area contributed by atoms with E-state index in [1.54, 1.807) is 23.0 Å². The Bertz CT molecular complexity index is 777. The number of hydrogen-bond donors (Lipinski definition) is 0. The molecule has 0 saturated heterocycles. The zero-order chi connectivity index (χ0) is 14.1. The second-order valence-electron chi connectivity index (χ2n) is 4.54. The summed E-state index contributed by atoms with van der Waals surface area (Å²) in [7, 11) is 1.81. The summed E-state index contributed by atoms with van der Waals surface area (Å²) in [6, 6.07) is 9.15. The molecule has 2 aromatic heterocycles. The molecule has 0 saturated carbocycles. The van der Waals surface area contributed by atoms with Crippen molar-refractivity contribution in [1.82, 2.24) is 19.7 Å². The van der Waals surface area contributed by atoms with Crippen molar-refractivity contribution in [3.8, 4) is 0 Å². The number of carbonyl (C=O) groups is 1. The van der Waals surface area contributed by atoms with Gasteiger partial charge in [-0.3, -0.25) is 9.48 Å². The van der Waals surface area contributed by atoms with Gasteiger partial charge < -0.3 is 0 Å². The van der Waals surface area contributed by atoms with E-state index in [0.29, 0.717) is 34.5 Å². The van der Waals surface area contributed by atoms with Crippen molar-refractivity contribution in [2.45, 2.75) is 13.3 Å². The van der Waals surface area contributed by atoms with Crippen molar-refractivity contribution in [3.63, 3.8) is 0 Å². The number of rotatable bonds is 3. The molecule has 0 radical (unpaired) electrons. The van der Waals surface area contributed by atoms with Gasteiger partial charge in [-0.15, -0.1) is 0 Å². The monoisotopic (exact) mass is 266 g/mol. The highest BCUT2D eigenvalue weighted by molar-refractivity contribution is 6.14. The van der Waals surface area contributed by atoms with Crippen LogP contribution in [0.2, 0.25) is 0 Å². The Kier molecular flexibility index (Phi) is 3.02. The second-order valence-corrected chi connectivity index (χ2v) is 4.54. The molecule has 5 nitrogen and oxygen atoms in total. The number of aromatic nitrogens is 4. The molecular weight excluding hydrogens is 252 g/mol. The zero-order valence-corrected chi connectivity index (χ0v) is 11.4. The highest BCUT2D eigenvalue weighted by Crippen LogP contribution is 2.18. The van der Waals surface area contributed by atoms with E-state index in [4.69, 9.17) is 0 Å². The van der Waals surface area contributed by atoms with Gasteiger partial charge in [-0.2, -0.15) is 5.10 Å². The van der Waals surface area contributed by atoms with Crippen LogP contribution in [-0.4, -0.2) is 25.5 Å². The largest absolute Gasteiger partial charge is 0.287 e. The molecule has 0 aliphatic carbocycles. The summed E-state index contributed by atoms with van der Waals surface area (Å²) in [5.41, 5.74) is 1.74. The van der Waals surface area contributed by atoms with Crippen LogP contribution >= 0.6 is 0 Å². The number of hydrogen-bond acceptors (Lipinski definition) is 4. The van der Waals surface area contributed by atoms with Crippen LogP contribution in [0, 0.1) is 0 Å². The first-order chi connectivity index (χ1) is 9.70. The van der Waals surface area contributed by atoms with Gasteiger partial charge in [0.15, 0.2) is 5.65 Å². The maximum atomic E-state index is 12.6. The van der Waals surface area contributed by atoms with Crippen molar-refractivity contribution in [2.24, 2.45) is 7.05 Å². The third kappa shape index (κ3) is 1.97. The Morgan fingerprint density at radius 2 is 1.95 bits per heavy atom. The minimum absolute atomic E-state index is 0.0966. The fourth-order valence-electron chi connectivity index (χ4n) is 2.12. The molecule has 5 heteroatoms. The second kappa shape index (κ2) is 4.85. The quantitative estimate of drug-likeness (QED) is 0.681. The highest BCUT2D eigenvalue weighted by atomic mass is 16.1. The summed E-state index contributed by atoms with van der Waals surface area (Å²) in [6.45, 7) is 1.97. The predicted molar refractivity (Wildman–Crippen MR) is 75.6 cm³/mol. The Balaban J connectivity index is 2.22. The minimum Gasteiger partial charge on any atom is -0.287 e. The minimum atomic E-state index is -0.0966. The van der Waals surface area contributed by atoms with Gasteiger partial charge in [0.1, 0.15) is 11.5 Å². The maximum absolute atomic E-state index is 12.6. The Hall–Kier alpha value is -2.56. The standard InChI is InChI=1S/C15H14N4O/c1-3-12-17-13(11-9-16-19(2)15(11)18-12)14(20)10-7-5-4-6-8-10/h4-9H,3H2,1-2H3. The van der Waals surface area contributed by atoms with Crippen LogP contribution in [0.15, 0.2) is 36.5 Å². The van der Waals surface area contributed by atoms with E-state index >= 15 is 0 Å². The summed E-state index contributed by atoms with van der Waals surface area (Å²) < 4.78 is 1.66. The molecule has 3 aromatic rings. The smallest absolute Gasteiger partial charge is 0.212 e. The molecular formula is C15H14N4O. The van der Waals surface area contributed by atoms with E-state index < -0.39 is 0 Å². The molecule has 0 aliphatic heterocycles. The third-order valence-corrected chi connectivity index (χ3v) is 3.21. The van der Waals surface area contributed by atoms with Crippen molar-refractivity contribution >= 4 is 16.8 Å². The molecule has 1 aromatic carbocycles. The highest BCUT2D eigenvalue weighted by Gasteiger charge is 2.18. The molecule has 3 rings (SSSR count). The van der Waals surface area contributed by atoms with Crippen LogP contribution in [0.5, 0.6) is 0 Å². The Morgan fingerprint density at radius 1 is 1.20 bits per heavy atom. The number of aryl methyl sites for hydroxylation is 2. The van der Waals surface area contributed by atoms with E-state index in [1.165, 1.54) is 0 Å². The zero-order valence-electron chi connectivity index (χ0n) is 11.4. The lowest BCUT2D eigenvalue weighted by Gasteiger charge is -2.04. The lowest BCUT2D eigenvalue weighted by atomic mass is 10.1. The molecule has 0 amide bonds. The van der Waals surface area contributed by atoms with Crippen LogP contribution in [0.1, 0.15) is 28.8 Å². The summed E-state index contributed by atoms with van der Waals surface area (Å²) in [4.78, 5) is 21.4. The normalized spacial score (nSPS) is 10.9. The van der Waals surface area contributed by atoms with Crippen LogP contribution in [-0.2, 0) is 13.5 Å². The van der Waals surface area contributed by atoms with E-state index in [-0.39, 0.29) is 5.78 Å². The Morgan fingerprint density at radius 3 is 2.65 bits per heavy atom. The first-order valence-corrected chi connectivity index (χ1v) is 6.49. The Labute approximate surface area is 116 Å². The van der Waals surface area contributed by atoms with Gasteiger partial charge in [-0.05, 0) is 0 Å². The lowest BCUT2D eigenvalue weighted by molar-refractivity contribution is 0.103. The summed E-state index contributed by atoms with van der Waals surface area (Å²) in [5, 5.41) is 4.86. The number of ketones is 1. The molecule has 0 aliphatic rings. The van der Waals surface area contributed by atoms with E-state index in [0.717, 1.165) is 0 Å². The summed E-state index contributed by atoms with van der Waals surface area (Å²) >= 11 is 0. The third-order valence-electron chi connectivity index (χ3n) is 3.21. The van der Waals surface area contributed by atoms with Gasteiger partial charge in [0, 0.05) is 19.0 Å². The van der Waals surface area contributed by atoms with Crippen LogP contribution in [0.3, 0.4) is 0 Å². The molecule has 0 bridgehead atoms. The number of benzene rings is 1. The van der Waals surface area contributed by atoms with Crippen LogP contribution in [0.25, 0.3) is 11.0 Å². The van der Waals surface area contributed by atoms with E-state index in [1.807, 2.05) is 32.2 Å². The molecule has 0 spiro atoms. The summed E-state index contributed by atoms with van der Waals surface area (Å²) in [5.74, 6) is 0.557. The fourth-order valence-corrected chi connectivity index (χ4v) is 2.12. The first kappa shape index (κ1) is 12.5. The average molecular weight is 266 g/mol. The fraction of sp³-hybridized carbons (Fsp3) is 0.200. The van der Waals surface area contributed by atoms with Crippen LogP contribution in [0.4, 0.5) is 0 Å².